The van der Waals surface area contributed by atoms with Gasteiger partial charge < -0.3 is 9.47 Å². The highest BCUT2D eigenvalue weighted by molar-refractivity contribution is 7.91. The van der Waals surface area contributed by atoms with Crippen LogP contribution in [0.25, 0.3) is 0 Å². The maximum Gasteiger partial charge on any atom is 0.287 e. The van der Waals surface area contributed by atoms with Crippen LogP contribution in [-0.4, -0.2) is 38.6 Å². The van der Waals surface area contributed by atoms with Crippen molar-refractivity contribution in [3.8, 4) is 0 Å². The van der Waals surface area contributed by atoms with E-state index in [1.807, 2.05) is 0 Å². The maximum atomic E-state index is 12.2. The summed E-state index contributed by atoms with van der Waals surface area (Å²) < 4.78 is 34.9. The number of nitro groups is 1. The van der Waals surface area contributed by atoms with Gasteiger partial charge in [-0.05, 0) is 12.5 Å². The Labute approximate surface area is 116 Å². The Morgan fingerprint density at radius 3 is 2.55 bits per heavy atom. The molecule has 7 nitrogen and oxygen atoms in total. The monoisotopic (exact) mass is 301 g/mol. The molecule has 2 rings (SSSR count). The first-order valence-corrected chi connectivity index (χ1v) is 7.85. The van der Waals surface area contributed by atoms with Crippen molar-refractivity contribution >= 4 is 15.5 Å². The number of hydrogen-bond acceptors (Lipinski definition) is 6. The fourth-order valence-corrected chi connectivity index (χ4v) is 3.41. The Hall–Kier alpha value is -1.51. The molecule has 1 aromatic rings. The van der Waals surface area contributed by atoms with Crippen molar-refractivity contribution in [2.75, 3.05) is 19.0 Å². The summed E-state index contributed by atoms with van der Waals surface area (Å²) in [4.78, 5) is 9.91. The number of nitrogens with zero attached hydrogens (tertiary/aromatic N) is 1. The van der Waals surface area contributed by atoms with E-state index in [2.05, 4.69) is 0 Å². The van der Waals surface area contributed by atoms with E-state index < -0.39 is 26.7 Å². The van der Waals surface area contributed by atoms with Gasteiger partial charge in [-0.1, -0.05) is 12.1 Å². The van der Waals surface area contributed by atoms with Gasteiger partial charge in [-0.3, -0.25) is 10.1 Å². The van der Waals surface area contributed by atoms with Gasteiger partial charge in [-0.25, -0.2) is 8.42 Å². The van der Waals surface area contributed by atoms with E-state index in [1.165, 1.54) is 24.3 Å². The summed E-state index contributed by atoms with van der Waals surface area (Å²) in [5, 5.41) is 10.9. The molecule has 1 aliphatic heterocycles. The molecule has 110 valence electrons. The molecule has 20 heavy (non-hydrogen) atoms. The Morgan fingerprint density at radius 2 is 1.90 bits per heavy atom. The highest BCUT2D eigenvalue weighted by Crippen LogP contribution is 2.25. The lowest BCUT2D eigenvalue weighted by Gasteiger charge is -2.22. The molecule has 0 N–H and O–H groups in total. The minimum atomic E-state index is -3.74. The van der Waals surface area contributed by atoms with Crippen LogP contribution in [0, 0.1) is 10.1 Å². The van der Waals surface area contributed by atoms with Crippen LogP contribution in [0.15, 0.2) is 29.2 Å². The van der Waals surface area contributed by atoms with Gasteiger partial charge in [0.2, 0.25) is 0 Å². The summed E-state index contributed by atoms with van der Waals surface area (Å²) in [5.41, 5.74) is -0.405. The average molecular weight is 301 g/mol. The standard InChI is InChI=1S/C12H15NO6S/c14-13(15)10-4-1-2-5-11(10)20(16,17)9-6-12-18-7-3-8-19-12/h1-2,4-5,12H,3,6-9H2. The van der Waals surface area contributed by atoms with Gasteiger partial charge in [0, 0.05) is 12.5 Å². The predicted octanol–water partition coefficient (Wildman–Crippen LogP) is 1.52. The van der Waals surface area contributed by atoms with Crippen molar-refractivity contribution in [3.05, 3.63) is 34.4 Å². The summed E-state index contributed by atoms with van der Waals surface area (Å²) in [7, 11) is -3.74. The first kappa shape index (κ1) is 14.9. The van der Waals surface area contributed by atoms with Crippen molar-refractivity contribution in [2.24, 2.45) is 0 Å². The van der Waals surface area contributed by atoms with Gasteiger partial charge in [0.05, 0.1) is 23.9 Å². The lowest BCUT2D eigenvalue weighted by atomic mass is 10.3. The normalized spacial score (nSPS) is 17.0. The van der Waals surface area contributed by atoms with E-state index >= 15 is 0 Å². The molecule has 1 aromatic carbocycles. The molecular formula is C12H15NO6S. The van der Waals surface area contributed by atoms with E-state index in [9.17, 15) is 18.5 Å². The minimum Gasteiger partial charge on any atom is -0.353 e. The zero-order valence-corrected chi connectivity index (χ0v) is 11.5. The Morgan fingerprint density at radius 1 is 1.25 bits per heavy atom. The van der Waals surface area contributed by atoms with Gasteiger partial charge in [0.15, 0.2) is 16.1 Å². The number of hydrogen-bond donors (Lipinski definition) is 0. The maximum absolute atomic E-state index is 12.2. The quantitative estimate of drug-likeness (QED) is 0.604. The lowest BCUT2D eigenvalue weighted by Crippen LogP contribution is -2.27. The van der Waals surface area contributed by atoms with Gasteiger partial charge in [0.1, 0.15) is 4.90 Å². The molecule has 0 bridgehead atoms. The van der Waals surface area contributed by atoms with Crippen LogP contribution < -0.4 is 0 Å². The van der Waals surface area contributed by atoms with Crippen LogP contribution in [-0.2, 0) is 19.3 Å². The highest BCUT2D eigenvalue weighted by atomic mass is 32.2. The van der Waals surface area contributed by atoms with Gasteiger partial charge >= 0.3 is 0 Å². The number of ether oxygens (including phenoxy) is 2. The molecule has 0 amide bonds. The van der Waals surface area contributed by atoms with E-state index in [0.717, 1.165) is 6.42 Å². The minimum absolute atomic E-state index is 0.161. The first-order chi connectivity index (χ1) is 9.50. The van der Waals surface area contributed by atoms with Crippen molar-refractivity contribution in [2.45, 2.75) is 24.0 Å². The summed E-state index contributed by atoms with van der Waals surface area (Å²) in [6, 6.07) is 5.33. The van der Waals surface area contributed by atoms with Gasteiger partial charge in [-0.2, -0.15) is 0 Å². The van der Waals surface area contributed by atoms with Crippen LogP contribution in [0.1, 0.15) is 12.8 Å². The molecule has 0 atom stereocenters. The van der Waals surface area contributed by atoms with Gasteiger partial charge in [0.25, 0.3) is 5.69 Å². The third-order valence-electron chi connectivity index (χ3n) is 2.92. The Bertz CT molecular complexity index is 579. The number of para-hydroxylation sites is 1. The smallest absolute Gasteiger partial charge is 0.287 e. The third kappa shape index (κ3) is 3.53. The fourth-order valence-electron chi connectivity index (χ4n) is 1.94. The molecule has 0 saturated carbocycles. The molecule has 8 heteroatoms. The zero-order valence-electron chi connectivity index (χ0n) is 10.7. The second-order valence-electron chi connectivity index (χ2n) is 4.36. The average Bonchev–Trinajstić information content (AvgIpc) is 2.46. The third-order valence-corrected chi connectivity index (χ3v) is 4.70. The van der Waals surface area contributed by atoms with Crippen LogP contribution in [0.4, 0.5) is 5.69 Å². The van der Waals surface area contributed by atoms with Crippen molar-refractivity contribution in [1.29, 1.82) is 0 Å². The number of nitro benzene ring substituents is 1. The van der Waals surface area contributed by atoms with E-state index in [0.29, 0.717) is 13.2 Å². The number of benzene rings is 1. The molecule has 1 aliphatic rings. The lowest BCUT2D eigenvalue weighted by molar-refractivity contribution is -0.387. The molecule has 1 fully saturated rings. The molecule has 0 aromatic heterocycles. The van der Waals surface area contributed by atoms with E-state index in [-0.39, 0.29) is 17.1 Å². The molecular weight excluding hydrogens is 286 g/mol. The predicted molar refractivity (Wildman–Crippen MR) is 70.1 cm³/mol. The highest BCUT2D eigenvalue weighted by Gasteiger charge is 2.26. The van der Waals surface area contributed by atoms with Crippen molar-refractivity contribution in [3.63, 3.8) is 0 Å². The van der Waals surface area contributed by atoms with Gasteiger partial charge in [-0.15, -0.1) is 0 Å². The van der Waals surface area contributed by atoms with E-state index in [4.69, 9.17) is 9.47 Å². The summed E-state index contributed by atoms with van der Waals surface area (Å²) in [5.74, 6) is -0.248. The number of sulfone groups is 1. The van der Waals surface area contributed by atoms with Crippen LogP contribution in [0.3, 0.4) is 0 Å². The Kier molecular flexibility index (Phi) is 4.69. The Balaban J connectivity index is 2.12. The SMILES string of the molecule is O=[N+]([O-])c1ccccc1S(=O)(=O)CCC1OCCCO1. The molecule has 0 aliphatic carbocycles. The second-order valence-corrected chi connectivity index (χ2v) is 6.43. The zero-order chi connectivity index (χ0) is 14.6. The van der Waals surface area contributed by atoms with Crippen LogP contribution in [0.2, 0.25) is 0 Å². The van der Waals surface area contributed by atoms with Crippen LogP contribution >= 0.6 is 0 Å². The molecule has 0 unspecified atom stereocenters. The first-order valence-electron chi connectivity index (χ1n) is 6.20. The fraction of sp³-hybridized carbons (Fsp3) is 0.500. The summed E-state index contributed by atoms with van der Waals surface area (Å²) in [6.45, 7) is 1.08. The molecule has 1 heterocycles. The summed E-state index contributed by atoms with van der Waals surface area (Å²) in [6.07, 6.45) is 0.392. The topological polar surface area (TPSA) is 95.7 Å². The van der Waals surface area contributed by atoms with Crippen molar-refractivity contribution in [1.82, 2.24) is 0 Å². The molecule has 0 spiro atoms. The molecule has 0 radical (unpaired) electrons. The van der Waals surface area contributed by atoms with Crippen LogP contribution in [0.5, 0.6) is 0 Å². The number of rotatable bonds is 5. The van der Waals surface area contributed by atoms with Crippen molar-refractivity contribution < 1.29 is 22.8 Å². The summed E-state index contributed by atoms with van der Waals surface area (Å²) >= 11 is 0. The van der Waals surface area contributed by atoms with E-state index in [1.54, 1.807) is 0 Å². The second kappa shape index (κ2) is 6.29. The largest absolute Gasteiger partial charge is 0.353 e. The molecule has 1 saturated heterocycles.